The molecule has 3 rings (SSSR count). The molecular formula is C25H28N2O6S. The van der Waals surface area contributed by atoms with Crippen LogP contribution in [-0.2, 0) is 14.8 Å². The molecule has 0 unspecified atom stereocenters. The van der Waals surface area contributed by atoms with Crippen LogP contribution in [0.4, 0.5) is 5.69 Å². The molecule has 0 aliphatic rings. The number of methoxy groups -OCH3 is 2. The van der Waals surface area contributed by atoms with Crippen molar-refractivity contribution < 1.29 is 27.4 Å². The van der Waals surface area contributed by atoms with E-state index in [1.807, 2.05) is 31.2 Å². The summed E-state index contributed by atoms with van der Waals surface area (Å²) in [6.07, 6.45) is 0. The van der Waals surface area contributed by atoms with Gasteiger partial charge in [0.1, 0.15) is 30.4 Å². The number of carbonyl (C=O) groups is 1. The Bertz CT molecular complexity index is 1210. The van der Waals surface area contributed by atoms with E-state index in [-0.39, 0.29) is 23.7 Å². The molecule has 3 aromatic rings. The zero-order valence-corrected chi connectivity index (χ0v) is 20.2. The number of carbonyl (C=O) groups excluding carboxylic acids is 1. The van der Waals surface area contributed by atoms with E-state index in [0.717, 1.165) is 15.6 Å². The molecule has 180 valence electrons. The number of hydrogen-bond donors (Lipinski definition) is 1. The monoisotopic (exact) mass is 484 g/mol. The lowest BCUT2D eigenvalue weighted by Gasteiger charge is -2.25. The smallest absolute Gasteiger partial charge is 0.264 e. The summed E-state index contributed by atoms with van der Waals surface area (Å²) in [6, 6.07) is 20.2. The Morgan fingerprint density at radius 1 is 0.882 bits per heavy atom. The first-order chi connectivity index (χ1) is 16.4. The van der Waals surface area contributed by atoms with Crippen molar-refractivity contribution in [3.8, 4) is 17.2 Å². The van der Waals surface area contributed by atoms with Gasteiger partial charge in [-0.2, -0.15) is 0 Å². The Morgan fingerprint density at radius 3 is 2.18 bits per heavy atom. The molecule has 1 amide bonds. The molecule has 0 fully saturated rings. The molecule has 0 aliphatic heterocycles. The first kappa shape index (κ1) is 24.9. The van der Waals surface area contributed by atoms with Gasteiger partial charge in [0, 0.05) is 0 Å². The Hall–Kier alpha value is -3.72. The highest BCUT2D eigenvalue weighted by Gasteiger charge is 2.29. The van der Waals surface area contributed by atoms with Crippen molar-refractivity contribution in [2.24, 2.45) is 0 Å². The van der Waals surface area contributed by atoms with Gasteiger partial charge in [-0.05, 0) is 55.0 Å². The third-order valence-electron chi connectivity index (χ3n) is 5.06. The molecule has 3 aromatic carbocycles. The van der Waals surface area contributed by atoms with E-state index in [1.165, 1.54) is 26.4 Å². The Labute approximate surface area is 200 Å². The minimum Gasteiger partial charge on any atom is -0.497 e. The summed E-state index contributed by atoms with van der Waals surface area (Å²) in [4.78, 5) is 12.8. The standard InChI is InChI=1S/C25H28N2O6S/c1-19-8-4-6-10-23(19)33-17-16-26-25(28)18-27(22-9-5-7-11-24(22)32-3)34(29,30)21-14-12-20(31-2)13-15-21/h4-15H,16-18H2,1-3H3,(H,26,28). The summed E-state index contributed by atoms with van der Waals surface area (Å²) in [5.74, 6) is 1.11. The molecule has 0 spiro atoms. The molecule has 0 aliphatic carbocycles. The number of nitrogens with zero attached hydrogens (tertiary/aromatic N) is 1. The van der Waals surface area contributed by atoms with Crippen molar-refractivity contribution >= 4 is 21.6 Å². The lowest BCUT2D eigenvalue weighted by molar-refractivity contribution is -0.119. The van der Waals surface area contributed by atoms with Gasteiger partial charge in [-0.15, -0.1) is 0 Å². The maximum atomic E-state index is 13.5. The second kappa shape index (κ2) is 11.4. The second-order valence-electron chi connectivity index (χ2n) is 7.32. The zero-order valence-electron chi connectivity index (χ0n) is 19.4. The van der Waals surface area contributed by atoms with Crippen molar-refractivity contribution in [3.63, 3.8) is 0 Å². The molecule has 0 bridgehead atoms. The predicted molar refractivity (Wildman–Crippen MR) is 130 cm³/mol. The van der Waals surface area contributed by atoms with Crippen LogP contribution in [0.15, 0.2) is 77.7 Å². The quantitative estimate of drug-likeness (QED) is 0.419. The third kappa shape index (κ3) is 5.99. The molecule has 0 saturated carbocycles. The van der Waals surface area contributed by atoms with Crippen molar-refractivity contribution in [1.29, 1.82) is 0 Å². The maximum absolute atomic E-state index is 13.5. The maximum Gasteiger partial charge on any atom is 0.264 e. The average Bonchev–Trinajstić information content (AvgIpc) is 2.86. The minimum absolute atomic E-state index is 0.0230. The van der Waals surface area contributed by atoms with Crippen LogP contribution in [0, 0.1) is 6.92 Å². The van der Waals surface area contributed by atoms with Gasteiger partial charge >= 0.3 is 0 Å². The summed E-state index contributed by atoms with van der Waals surface area (Å²) in [6.45, 7) is 1.97. The number of aryl methyl sites for hydroxylation is 1. The number of sulfonamides is 1. The SMILES string of the molecule is COc1ccc(S(=O)(=O)N(CC(=O)NCCOc2ccccc2C)c2ccccc2OC)cc1. The molecule has 34 heavy (non-hydrogen) atoms. The summed E-state index contributed by atoms with van der Waals surface area (Å²) in [7, 11) is -1.14. The number of ether oxygens (including phenoxy) is 3. The number of anilines is 1. The van der Waals surface area contributed by atoms with Crippen LogP contribution in [-0.4, -0.2) is 48.2 Å². The van der Waals surface area contributed by atoms with E-state index in [1.54, 1.807) is 36.4 Å². The summed E-state index contributed by atoms with van der Waals surface area (Å²) >= 11 is 0. The highest BCUT2D eigenvalue weighted by molar-refractivity contribution is 7.92. The first-order valence-electron chi connectivity index (χ1n) is 10.6. The molecule has 0 radical (unpaired) electrons. The van der Waals surface area contributed by atoms with Crippen molar-refractivity contribution in [3.05, 3.63) is 78.4 Å². The minimum atomic E-state index is -4.08. The third-order valence-corrected chi connectivity index (χ3v) is 6.84. The summed E-state index contributed by atoms with van der Waals surface area (Å²) in [5.41, 5.74) is 1.24. The predicted octanol–water partition coefficient (Wildman–Crippen LogP) is 3.40. The number of rotatable bonds is 11. The Morgan fingerprint density at radius 2 is 1.53 bits per heavy atom. The van der Waals surface area contributed by atoms with Gasteiger partial charge < -0.3 is 19.5 Å². The van der Waals surface area contributed by atoms with E-state index in [2.05, 4.69) is 5.32 Å². The molecule has 9 heteroatoms. The topological polar surface area (TPSA) is 94.2 Å². The number of hydrogen-bond acceptors (Lipinski definition) is 6. The average molecular weight is 485 g/mol. The highest BCUT2D eigenvalue weighted by Crippen LogP contribution is 2.32. The van der Waals surface area contributed by atoms with Gasteiger partial charge in [-0.1, -0.05) is 30.3 Å². The van der Waals surface area contributed by atoms with Crippen LogP contribution < -0.4 is 23.8 Å². The highest BCUT2D eigenvalue weighted by atomic mass is 32.2. The summed E-state index contributed by atoms with van der Waals surface area (Å²) in [5, 5.41) is 2.72. The summed E-state index contributed by atoms with van der Waals surface area (Å²) < 4.78 is 44.2. The van der Waals surface area contributed by atoms with Gasteiger partial charge in [0.2, 0.25) is 5.91 Å². The normalized spacial score (nSPS) is 10.9. The molecule has 8 nitrogen and oxygen atoms in total. The lowest BCUT2D eigenvalue weighted by Crippen LogP contribution is -2.42. The molecule has 0 aromatic heterocycles. The van der Waals surface area contributed by atoms with E-state index in [4.69, 9.17) is 14.2 Å². The van der Waals surface area contributed by atoms with Crippen LogP contribution >= 0.6 is 0 Å². The van der Waals surface area contributed by atoms with E-state index < -0.39 is 22.5 Å². The molecular weight excluding hydrogens is 456 g/mol. The molecule has 0 heterocycles. The van der Waals surface area contributed by atoms with Gasteiger partial charge in [0.05, 0.1) is 31.3 Å². The number of amides is 1. The second-order valence-corrected chi connectivity index (χ2v) is 9.19. The number of para-hydroxylation sites is 3. The Kier molecular flexibility index (Phi) is 8.37. The molecule has 0 atom stereocenters. The van der Waals surface area contributed by atoms with Crippen LogP contribution in [0.2, 0.25) is 0 Å². The van der Waals surface area contributed by atoms with E-state index >= 15 is 0 Å². The molecule has 0 saturated heterocycles. The van der Waals surface area contributed by atoms with E-state index in [0.29, 0.717) is 11.5 Å². The first-order valence-corrected chi connectivity index (χ1v) is 12.1. The van der Waals surface area contributed by atoms with Crippen LogP contribution in [0.25, 0.3) is 0 Å². The van der Waals surface area contributed by atoms with Crippen LogP contribution in [0.5, 0.6) is 17.2 Å². The fraction of sp³-hybridized carbons (Fsp3) is 0.240. The van der Waals surface area contributed by atoms with Crippen molar-refractivity contribution in [2.45, 2.75) is 11.8 Å². The fourth-order valence-electron chi connectivity index (χ4n) is 3.27. The van der Waals surface area contributed by atoms with Gasteiger partial charge in [0.25, 0.3) is 10.0 Å². The number of benzene rings is 3. The van der Waals surface area contributed by atoms with Crippen LogP contribution in [0.1, 0.15) is 5.56 Å². The van der Waals surface area contributed by atoms with Crippen LogP contribution in [0.3, 0.4) is 0 Å². The Balaban J connectivity index is 1.77. The van der Waals surface area contributed by atoms with Gasteiger partial charge in [-0.3, -0.25) is 9.10 Å². The van der Waals surface area contributed by atoms with Crippen molar-refractivity contribution in [1.82, 2.24) is 5.32 Å². The van der Waals surface area contributed by atoms with Gasteiger partial charge in [-0.25, -0.2) is 8.42 Å². The van der Waals surface area contributed by atoms with E-state index in [9.17, 15) is 13.2 Å². The largest absolute Gasteiger partial charge is 0.497 e. The molecule has 1 N–H and O–H groups in total. The van der Waals surface area contributed by atoms with Crippen molar-refractivity contribution in [2.75, 3.05) is 38.2 Å². The number of nitrogens with one attached hydrogen (secondary N) is 1. The zero-order chi connectivity index (χ0) is 24.6. The fourth-order valence-corrected chi connectivity index (χ4v) is 4.70. The van der Waals surface area contributed by atoms with Gasteiger partial charge in [0.15, 0.2) is 0 Å². The lowest BCUT2D eigenvalue weighted by atomic mass is 10.2.